The van der Waals surface area contributed by atoms with Crippen LogP contribution in [0, 0.1) is 6.92 Å². The molecule has 0 saturated carbocycles. The monoisotopic (exact) mass is 243 g/mol. The Labute approximate surface area is 109 Å². The molecule has 0 spiro atoms. The molecule has 2 N–H and O–H groups in total. The van der Waals surface area contributed by atoms with Gasteiger partial charge in [0.15, 0.2) is 0 Å². The minimum Gasteiger partial charge on any atom is -0.325 e. The predicted molar refractivity (Wildman–Crippen MR) is 74.9 cm³/mol. The minimum atomic E-state index is 0.0415. The van der Waals surface area contributed by atoms with E-state index in [0.29, 0.717) is 6.54 Å². The van der Waals surface area contributed by atoms with Gasteiger partial charge < -0.3 is 5.73 Å². The highest BCUT2D eigenvalue weighted by Crippen LogP contribution is 2.23. The quantitative estimate of drug-likeness (QED) is 0.881. The highest BCUT2D eigenvalue weighted by molar-refractivity contribution is 5.36. The highest BCUT2D eigenvalue weighted by Gasteiger charge is 2.19. The van der Waals surface area contributed by atoms with E-state index in [1.54, 1.807) is 0 Å². The average Bonchev–Trinajstić information content (AvgIpc) is 2.73. The van der Waals surface area contributed by atoms with E-state index in [9.17, 15) is 0 Å². The van der Waals surface area contributed by atoms with Crippen LogP contribution in [0.3, 0.4) is 0 Å². The van der Waals surface area contributed by atoms with Crippen molar-refractivity contribution in [2.45, 2.75) is 39.7 Å². The molecule has 0 saturated heterocycles. The van der Waals surface area contributed by atoms with Gasteiger partial charge in [0.1, 0.15) is 0 Å². The summed E-state index contributed by atoms with van der Waals surface area (Å²) in [6.45, 7) is 9.06. The second-order valence-electron chi connectivity index (χ2n) is 5.72. The zero-order valence-corrected chi connectivity index (χ0v) is 11.6. The van der Waals surface area contributed by atoms with Gasteiger partial charge in [0.2, 0.25) is 0 Å². The molecule has 2 aromatic rings. The van der Waals surface area contributed by atoms with E-state index in [2.05, 4.69) is 63.1 Å². The van der Waals surface area contributed by atoms with Gasteiger partial charge >= 0.3 is 0 Å². The molecular formula is C15H21N3. The Bertz CT molecular complexity index is 530. The summed E-state index contributed by atoms with van der Waals surface area (Å²) in [6.07, 6.45) is 0. The summed E-state index contributed by atoms with van der Waals surface area (Å²) in [6, 6.07) is 10.4. The van der Waals surface area contributed by atoms with E-state index in [-0.39, 0.29) is 5.41 Å². The number of nitrogens with two attached hydrogens (primary N) is 1. The van der Waals surface area contributed by atoms with Crippen LogP contribution in [0.2, 0.25) is 0 Å². The number of nitrogens with zero attached hydrogens (tertiary/aromatic N) is 2. The summed E-state index contributed by atoms with van der Waals surface area (Å²) in [4.78, 5) is 0. The highest BCUT2D eigenvalue weighted by atomic mass is 15.3. The van der Waals surface area contributed by atoms with Gasteiger partial charge in [-0.05, 0) is 25.1 Å². The molecule has 0 amide bonds. The summed E-state index contributed by atoms with van der Waals surface area (Å²) in [5.74, 6) is 0. The first kappa shape index (κ1) is 12.8. The lowest BCUT2D eigenvalue weighted by molar-refractivity contribution is 0.560. The topological polar surface area (TPSA) is 43.8 Å². The lowest BCUT2D eigenvalue weighted by Crippen LogP contribution is -2.12. The fourth-order valence-electron chi connectivity index (χ4n) is 1.84. The van der Waals surface area contributed by atoms with Crippen LogP contribution in [0.5, 0.6) is 0 Å². The third kappa shape index (κ3) is 2.46. The zero-order valence-electron chi connectivity index (χ0n) is 11.6. The summed E-state index contributed by atoms with van der Waals surface area (Å²) < 4.78 is 1.94. The fraction of sp³-hybridized carbons (Fsp3) is 0.400. The van der Waals surface area contributed by atoms with E-state index < -0.39 is 0 Å². The molecule has 3 nitrogen and oxygen atoms in total. The number of aromatic nitrogens is 2. The van der Waals surface area contributed by atoms with E-state index >= 15 is 0 Å². The van der Waals surface area contributed by atoms with Crippen LogP contribution in [0.15, 0.2) is 30.3 Å². The van der Waals surface area contributed by atoms with Gasteiger partial charge in [-0.15, -0.1) is 0 Å². The summed E-state index contributed by atoms with van der Waals surface area (Å²) in [7, 11) is 0. The Morgan fingerprint density at radius 1 is 1.17 bits per heavy atom. The van der Waals surface area contributed by atoms with Gasteiger partial charge in [-0.1, -0.05) is 38.5 Å². The third-order valence-corrected chi connectivity index (χ3v) is 3.04. The predicted octanol–water partition coefficient (Wildman–Crippen LogP) is 2.94. The van der Waals surface area contributed by atoms with Crippen LogP contribution in [-0.2, 0) is 12.0 Å². The molecule has 1 heterocycles. The van der Waals surface area contributed by atoms with Crippen LogP contribution < -0.4 is 5.73 Å². The molecule has 0 radical (unpaired) electrons. The maximum atomic E-state index is 5.81. The van der Waals surface area contributed by atoms with E-state index in [0.717, 1.165) is 17.1 Å². The first-order chi connectivity index (χ1) is 8.41. The molecule has 1 aromatic heterocycles. The third-order valence-electron chi connectivity index (χ3n) is 3.04. The first-order valence-corrected chi connectivity index (χ1v) is 6.28. The van der Waals surface area contributed by atoms with Gasteiger partial charge in [0.25, 0.3) is 0 Å². The maximum absolute atomic E-state index is 5.81. The molecule has 0 fully saturated rings. The van der Waals surface area contributed by atoms with Gasteiger partial charge in [-0.3, -0.25) is 0 Å². The molecule has 1 aromatic carbocycles. The maximum Gasteiger partial charge on any atom is 0.0685 e. The molecule has 96 valence electrons. The molecule has 0 aliphatic heterocycles. The van der Waals surface area contributed by atoms with Crippen molar-refractivity contribution in [2.24, 2.45) is 5.73 Å². The van der Waals surface area contributed by atoms with E-state index in [1.807, 2.05) is 4.68 Å². The first-order valence-electron chi connectivity index (χ1n) is 6.28. The lowest BCUT2D eigenvalue weighted by atomic mass is 9.92. The molecule has 2 rings (SSSR count). The SMILES string of the molecule is Cc1ccc(-n2nc(C(C)(C)C)cc2CN)cc1. The van der Waals surface area contributed by atoms with Crippen molar-refractivity contribution >= 4 is 0 Å². The Kier molecular flexibility index (Phi) is 3.26. The van der Waals surface area contributed by atoms with Crippen LogP contribution >= 0.6 is 0 Å². The normalized spacial score (nSPS) is 11.8. The van der Waals surface area contributed by atoms with Crippen molar-refractivity contribution < 1.29 is 0 Å². The molecule has 3 heteroatoms. The van der Waals surface area contributed by atoms with Crippen LogP contribution in [0.4, 0.5) is 0 Å². The number of hydrogen-bond acceptors (Lipinski definition) is 2. The number of aryl methyl sites for hydroxylation is 1. The van der Waals surface area contributed by atoms with E-state index in [4.69, 9.17) is 5.73 Å². The van der Waals surface area contributed by atoms with Crippen molar-refractivity contribution in [3.63, 3.8) is 0 Å². The van der Waals surface area contributed by atoms with Crippen LogP contribution in [0.1, 0.15) is 37.7 Å². The van der Waals surface area contributed by atoms with Gasteiger partial charge in [0, 0.05) is 12.0 Å². The average molecular weight is 243 g/mol. The Hall–Kier alpha value is -1.61. The van der Waals surface area contributed by atoms with Crippen molar-refractivity contribution in [3.8, 4) is 5.69 Å². The van der Waals surface area contributed by atoms with Crippen LogP contribution in [-0.4, -0.2) is 9.78 Å². The fourth-order valence-corrected chi connectivity index (χ4v) is 1.84. The molecule has 0 aliphatic rings. The van der Waals surface area contributed by atoms with Crippen LogP contribution in [0.25, 0.3) is 5.69 Å². The number of benzene rings is 1. The molecule has 0 atom stereocenters. The zero-order chi connectivity index (χ0) is 13.3. The molecular weight excluding hydrogens is 222 g/mol. The molecule has 18 heavy (non-hydrogen) atoms. The van der Waals surface area contributed by atoms with Gasteiger partial charge in [0.05, 0.1) is 17.1 Å². The minimum absolute atomic E-state index is 0.0415. The Balaban J connectivity index is 2.50. The van der Waals surface area contributed by atoms with Gasteiger partial charge in [-0.2, -0.15) is 5.10 Å². The van der Waals surface area contributed by atoms with Crippen molar-refractivity contribution in [1.29, 1.82) is 0 Å². The smallest absolute Gasteiger partial charge is 0.0685 e. The van der Waals surface area contributed by atoms with Crippen molar-refractivity contribution in [2.75, 3.05) is 0 Å². The molecule has 0 aliphatic carbocycles. The molecule has 0 bridgehead atoms. The lowest BCUT2D eigenvalue weighted by Gasteiger charge is -2.14. The standard InChI is InChI=1S/C15H21N3/c1-11-5-7-12(8-6-11)18-13(10-16)9-14(17-18)15(2,3)4/h5-9H,10,16H2,1-4H3. The largest absolute Gasteiger partial charge is 0.325 e. The summed E-state index contributed by atoms with van der Waals surface area (Å²) in [5.41, 5.74) is 10.3. The van der Waals surface area contributed by atoms with Crippen molar-refractivity contribution in [1.82, 2.24) is 9.78 Å². The van der Waals surface area contributed by atoms with Crippen molar-refractivity contribution in [3.05, 3.63) is 47.3 Å². The summed E-state index contributed by atoms with van der Waals surface area (Å²) >= 11 is 0. The Morgan fingerprint density at radius 3 is 2.28 bits per heavy atom. The van der Waals surface area contributed by atoms with E-state index in [1.165, 1.54) is 5.56 Å². The Morgan fingerprint density at radius 2 is 1.78 bits per heavy atom. The second-order valence-corrected chi connectivity index (χ2v) is 5.72. The number of hydrogen-bond donors (Lipinski definition) is 1. The second kappa shape index (κ2) is 4.58. The van der Waals surface area contributed by atoms with Gasteiger partial charge in [-0.25, -0.2) is 4.68 Å². The summed E-state index contributed by atoms with van der Waals surface area (Å²) in [5, 5.41) is 4.69. The number of rotatable bonds is 2. The molecule has 0 unspecified atom stereocenters.